The molecule has 0 saturated heterocycles. The van der Waals surface area contributed by atoms with Crippen LogP contribution in [-0.2, 0) is 5.41 Å². The van der Waals surface area contributed by atoms with Crippen molar-refractivity contribution in [2.45, 2.75) is 19.3 Å². The molecule has 3 aromatic heterocycles. The van der Waals surface area contributed by atoms with Crippen molar-refractivity contribution < 1.29 is 0 Å². The maximum atomic E-state index is 5.44. The van der Waals surface area contributed by atoms with E-state index < -0.39 is 0 Å². The van der Waals surface area contributed by atoms with Gasteiger partial charge in [-0.05, 0) is 41.1 Å². The quantitative estimate of drug-likeness (QED) is 0.219. The number of rotatable bonds is 3. The monoisotopic (exact) mass is 552 g/mol. The van der Waals surface area contributed by atoms with Crippen molar-refractivity contribution in [3.05, 3.63) is 139 Å². The van der Waals surface area contributed by atoms with Crippen molar-refractivity contribution in [3.8, 4) is 22.9 Å². The molecule has 204 valence electrons. The summed E-state index contributed by atoms with van der Waals surface area (Å²) in [6.45, 7) is 4.48. The standard InChI is InChI=1S/C39H28N4/c1-39(2)23-21-32-35(29-17-10-12-25-11-6-7-15-27(25)29)40-38(41-37(32)39)43-34-18-9-8-16-28(34)30-19-20-33-31(36(30)43)22-24-42(33)26-13-4-3-5-14-26/h3-24H,1-2H3. The number of para-hydroxylation sites is 2. The zero-order chi connectivity index (χ0) is 28.7. The Balaban J connectivity index is 1.41. The van der Waals surface area contributed by atoms with Gasteiger partial charge in [0.1, 0.15) is 0 Å². The maximum Gasteiger partial charge on any atom is 0.235 e. The Morgan fingerprint density at radius 1 is 0.605 bits per heavy atom. The van der Waals surface area contributed by atoms with E-state index in [1.54, 1.807) is 0 Å². The molecule has 43 heavy (non-hydrogen) atoms. The molecular weight excluding hydrogens is 524 g/mol. The van der Waals surface area contributed by atoms with Gasteiger partial charge >= 0.3 is 0 Å². The second kappa shape index (κ2) is 8.76. The van der Waals surface area contributed by atoms with E-state index in [1.807, 2.05) is 0 Å². The lowest BCUT2D eigenvalue weighted by molar-refractivity contribution is 0.651. The fraction of sp³-hybridized carbons (Fsp3) is 0.0769. The van der Waals surface area contributed by atoms with E-state index in [0.717, 1.165) is 44.8 Å². The molecule has 3 heterocycles. The highest BCUT2D eigenvalue weighted by Crippen LogP contribution is 2.42. The van der Waals surface area contributed by atoms with E-state index in [4.69, 9.17) is 9.97 Å². The summed E-state index contributed by atoms with van der Waals surface area (Å²) in [5, 5.41) is 5.96. The first-order chi connectivity index (χ1) is 21.1. The largest absolute Gasteiger partial charge is 0.316 e. The molecule has 0 N–H and O–H groups in total. The fourth-order valence-electron chi connectivity index (χ4n) is 6.91. The zero-order valence-corrected chi connectivity index (χ0v) is 24.0. The number of aromatic nitrogens is 4. The molecule has 0 aliphatic heterocycles. The van der Waals surface area contributed by atoms with Crippen LogP contribution in [0, 0.1) is 0 Å². The van der Waals surface area contributed by atoms with Crippen LogP contribution in [0.25, 0.3) is 72.5 Å². The van der Waals surface area contributed by atoms with Crippen molar-refractivity contribution in [2.75, 3.05) is 0 Å². The van der Waals surface area contributed by atoms with E-state index in [-0.39, 0.29) is 5.41 Å². The smallest absolute Gasteiger partial charge is 0.235 e. The Bertz CT molecular complexity index is 2420. The van der Waals surface area contributed by atoms with E-state index >= 15 is 0 Å². The van der Waals surface area contributed by atoms with Gasteiger partial charge in [0.15, 0.2) is 0 Å². The second-order valence-corrected chi connectivity index (χ2v) is 12.0. The highest BCUT2D eigenvalue weighted by Gasteiger charge is 2.32. The summed E-state index contributed by atoms with van der Waals surface area (Å²) in [6, 6.07) is 40.9. The lowest BCUT2D eigenvalue weighted by atomic mass is 9.90. The average molecular weight is 553 g/mol. The van der Waals surface area contributed by atoms with Gasteiger partial charge in [-0.25, -0.2) is 9.97 Å². The lowest BCUT2D eigenvalue weighted by Crippen LogP contribution is -2.17. The molecule has 0 spiro atoms. The van der Waals surface area contributed by atoms with Crippen LogP contribution in [-0.4, -0.2) is 19.1 Å². The molecule has 0 radical (unpaired) electrons. The van der Waals surface area contributed by atoms with E-state index in [9.17, 15) is 0 Å². The number of hydrogen-bond acceptors (Lipinski definition) is 2. The third kappa shape index (κ3) is 3.44. The van der Waals surface area contributed by atoms with E-state index in [0.29, 0.717) is 5.95 Å². The number of benzene rings is 5. The van der Waals surface area contributed by atoms with Gasteiger partial charge in [0.2, 0.25) is 5.95 Å². The lowest BCUT2D eigenvalue weighted by Gasteiger charge is -2.20. The SMILES string of the molecule is CC1(C)C=Cc2c(-c3cccc4ccccc34)nc(-n3c4ccccc4c4ccc5c(ccn5-c5ccccc5)c43)nc21. The summed E-state index contributed by atoms with van der Waals surface area (Å²) < 4.78 is 4.54. The Labute approximate surface area is 249 Å². The Morgan fingerprint density at radius 3 is 2.26 bits per heavy atom. The third-order valence-electron chi connectivity index (χ3n) is 8.99. The fourth-order valence-corrected chi connectivity index (χ4v) is 6.91. The van der Waals surface area contributed by atoms with E-state index in [2.05, 4.69) is 157 Å². The number of fused-ring (bicyclic) bond motifs is 7. The molecule has 0 fully saturated rings. The highest BCUT2D eigenvalue weighted by molar-refractivity contribution is 6.18. The predicted molar refractivity (Wildman–Crippen MR) is 178 cm³/mol. The minimum absolute atomic E-state index is 0.211. The van der Waals surface area contributed by atoms with Gasteiger partial charge in [-0.2, -0.15) is 0 Å². The first kappa shape index (κ1) is 24.2. The molecule has 8 aromatic rings. The topological polar surface area (TPSA) is 35.6 Å². The van der Waals surface area contributed by atoms with Crippen LogP contribution in [0.3, 0.4) is 0 Å². The molecule has 1 aliphatic rings. The van der Waals surface area contributed by atoms with Crippen LogP contribution in [0.1, 0.15) is 25.1 Å². The van der Waals surface area contributed by atoms with Gasteiger partial charge in [-0.15, -0.1) is 0 Å². The molecule has 1 aliphatic carbocycles. The third-order valence-corrected chi connectivity index (χ3v) is 8.99. The minimum atomic E-state index is -0.211. The van der Waals surface area contributed by atoms with Gasteiger partial charge in [0.25, 0.3) is 0 Å². The van der Waals surface area contributed by atoms with Crippen molar-refractivity contribution in [3.63, 3.8) is 0 Å². The molecule has 5 aromatic carbocycles. The molecule has 4 heteroatoms. The van der Waals surface area contributed by atoms with Crippen LogP contribution in [0.5, 0.6) is 0 Å². The van der Waals surface area contributed by atoms with Crippen molar-refractivity contribution in [1.82, 2.24) is 19.1 Å². The van der Waals surface area contributed by atoms with Gasteiger partial charge in [0.05, 0.1) is 27.9 Å². The summed E-state index contributed by atoms with van der Waals surface area (Å²) >= 11 is 0. The van der Waals surface area contributed by atoms with Gasteiger partial charge in [-0.1, -0.05) is 111 Å². The van der Waals surface area contributed by atoms with Crippen molar-refractivity contribution in [2.24, 2.45) is 0 Å². The number of allylic oxidation sites excluding steroid dienone is 1. The Morgan fingerprint density at radius 2 is 1.37 bits per heavy atom. The van der Waals surface area contributed by atoms with Crippen LogP contribution in [0.15, 0.2) is 128 Å². The molecule has 0 atom stereocenters. The molecule has 0 amide bonds. The van der Waals surface area contributed by atoms with E-state index in [1.165, 1.54) is 26.9 Å². The summed E-state index contributed by atoms with van der Waals surface area (Å²) in [6.07, 6.45) is 6.63. The highest BCUT2D eigenvalue weighted by atomic mass is 15.2. The molecule has 0 bridgehead atoms. The van der Waals surface area contributed by atoms with Gasteiger partial charge in [-0.3, -0.25) is 4.57 Å². The zero-order valence-electron chi connectivity index (χ0n) is 24.0. The second-order valence-electron chi connectivity index (χ2n) is 12.0. The van der Waals surface area contributed by atoms with Crippen LogP contribution >= 0.6 is 0 Å². The van der Waals surface area contributed by atoms with Crippen LogP contribution in [0.2, 0.25) is 0 Å². The van der Waals surface area contributed by atoms with Crippen molar-refractivity contribution >= 4 is 49.6 Å². The average Bonchev–Trinajstić information content (AvgIpc) is 3.72. The van der Waals surface area contributed by atoms with Gasteiger partial charge in [0, 0.05) is 44.6 Å². The first-order valence-electron chi connectivity index (χ1n) is 14.8. The molecule has 9 rings (SSSR count). The Hall–Kier alpha value is -5.48. The molecule has 0 saturated carbocycles. The van der Waals surface area contributed by atoms with Crippen LogP contribution < -0.4 is 0 Å². The Kier molecular flexibility index (Phi) is 4.92. The normalized spacial score (nSPS) is 13.9. The molecule has 0 unspecified atom stereocenters. The first-order valence-corrected chi connectivity index (χ1v) is 14.8. The summed E-state index contributed by atoms with van der Waals surface area (Å²) in [4.78, 5) is 10.8. The summed E-state index contributed by atoms with van der Waals surface area (Å²) in [5.74, 6) is 0.699. The van der Waals surface area contributed by atoms with Crippen LogP contribution in [0.4, 0.5) is 0 Å². The number of nitrogens with zero attached hydrogens (tertiary/aromatic N) is 4. The number of hydrogen-bond donors (Lipinski definition) is 0. The van der Waals surface area contributed by atoms with Gasteiger partial charge < -0.3 is 4.57 Å². The molecule has 4 nitrogen and oxygen atoms in total. The maximum absolute atomic E-state index is 5.44. The predicted octanol–water partition coefficient (Wildman–Crippen LogP) is 9.64. The molecular formula is C39H28N4. The van der Waals surface area contributed by atoms with Crippen molar-refractivity contribution in [1.29, 1.82) is 0 Å². The summed E-state index contributed by atoms with van der Waals surface area (Å²) in [5.41, 5.74) is 8.56. The summed E-state index contributed by atoms with van der Waals surface area (Å²) in [7, 11) is 0. The minimum Gasteiger partial charge on any atom is -0.316 e.